The molecule has 3 nitrogen and oxygen atoms in total. The number of allylic oxidation sites excluding steroid dienone is 4. The lowest BCUT2D eigenvalue weighted by molar-refractivity contribution is -0.910. The van der Waals surface area contributed by atoms with Crippen LogP contribution in [0.3, 0.4) is 0 Å². The van der Waals surface area contributed by atoms with Gasteiger partial charge in [0, 0.05) is 12.8 Å². The Balaban J connectivity index is 3.92. The summed E-state index contributed by atoms with van der Waals surface area (Å²) >= 11 is 0. The zero-order valence-corrected chi connectivity index (χ0v) is 20.3. The molecule has 28 heavy (non-hydrogen) atoms. The Labute approximate surface area is 176 Å². The molecule has 0 radical (unpaired) electrons. The van der Waals surface area contributed by atoms with Crippen LogP contribution in [0.2, 0.25) is 0 Å². The summed E-state index contributed by atoms with van der Waals surface area (Å²) < 4.78 is 12.5. The lowest BCUT2D eigenvalue weighted by atomic mass is 10.00. The molecule has 0 amide bonds. The average Bonchev–Trinajstić information content (AvgIpc) is 2.62. The van der Waals surface area contributed by atoms with Crippen molar-refractivity contribution in [1.29, 1.82) is 0 Å². The molecule has 2 atom stereocenters. The molecule has 4 heteroatoms. The topological polar surface area (TPSA) is 40.1 Å². The predicted octanol–water partition coefficient (Wildman–Crippen LogP) is 7.11. The molecule has 0 saturated heterocycles. The van der Waals surface area contributed by atoms with Crippen LogP contribution in [0.25, 0.3) is 0 Å². The molecule has 0 aliphatic heterocycles. The minimum absolute atomic E-state index is 0.502. The van der Waals surface area contributed by atoms with Crippen LogP contribution in [0.15, 0.2) is 24.3 Å². The highest BCUT2D eigenvalue weighted by Gasteiger charge is 2.53. The Kier molecular flexibility index (Phi) is 16.0. The van der Waals surface area contributed by atoms with Gasteiger partial charge >= 0.3 is 8.03 Å². The molecule has 0 bridgehead atoms. The third kappa shape index (κ3) is 11.5. The molecule has 0 spiro atoms. The van der Waals surface area contributed by atoms with Crippen molar-refractivity contribution >= 4 is 8.03 Å². The highest BCUT2D eigenvalue weighted by Crippen LogP contribution is 2.45. The molecule has 0 aromatic heterocycles. The van der Waals surface area contributed by atoms with Crippen LogP contribution in [0.4, 0.5) is 0 Å². The Morgan fingerprint density at radius 2 is 1.14 bits per heavy atom. The van der Waals surface area contributed by atoms with E-state index in [-0.39, 0.29) is 0 Å². The first-order valence-corrected chi connectivity index (χ1v) is 12.8. The van der Waals surface area contributed by atoms with Crippen molar-refractivity contribution in [3.05, 3.63) is 24.3 Å². The molecule has 0 saturated carbocycles. The van der Waals surface area contributed by atoms with Gasteiger partial charge in [-0.1, -0.05) is 55.6 Å². The highest BCUT2D eigenvalue weighted by atomic mass is 31.1. The molecule has 0 rings (SSSR count). The molecule has 0 aromatic carbocycles. The Bertz CT molecular complexity index is 454. The van der Waals surface area contributed by atoms with Crippen molar-refractivity contribution in [2.45, 2.75) is 109 Å². The van der Waals surface area contributed by atoms with E-state index in [1.807, 2.05) is 21.1 Å². The monoisotopic (exact) mass is 412 g/mol. The molecule has 0 aromatic rings. The van der Waals surface area contributed by atoms with Crippen molar-refractivity contribution in [3.63, 3.8) is 0 Å². The second-order valence-electron chi connectivity index (χ2n) is 8.97. The van der Waals surface area contributed by atoms with Crippen LogP contribution >= 0.6 is 8.03 Å². The van der Waals surface area contributed by atoms with E-state index >= 15 is 0 Å². The number of hydrogen-bond acceptors (Lipinski definition) is 2. The molecule has 0 heterocycles. The van der Waals surface area contributed by atoms with Gasteiger partial charge < -0.3 is 4.89 Å². The molecule has 0 aliphatic carbocycles. The predicted molar refractivity (Wildman–Crippen MR) is 123 cm³/mol. The molecular weight excluding hydrogens is 365 g/mol. The quantitative estimate of drug-likeness (QED) is 0.104. The van der Waals surface area contributed by atoms with E-state index in [4.69, 9.17) is 0 Å². The highest BCUT2D eigenvalue weighted by molar-refractivity contribution is 7.38. The van der Waals surface area contributed by atoms with E-state index in [9.17, 15) is 9.46 Å². The maximum Gasteiger partial charge on any atom is 0.376 e. The van der Waals surface area contributed by atoms with Crippen molar-refractivity contribution in [2.75, 3.05) is 21.1 Å². The van der Waals surface area contributed by atoms with Gasteiger partial charge in [-0.25, -0.2) is 0 Å². The lowest BCUT2D eigenvalue weighted by Gasteiger charge is -2.39. The Hall–Kier alpha value is -0.500. The molecule has 0 fully saturated rings. The fraction of sp³-hybridized carbons (Fsp3) is 0.833. The van der Waals surface area contributed by atoms with Gasteiger partial charge in [-0.3, -0.25) is 4.48 Å². The van der Waals surface area contributed by atoms with Crippen molar-refractivity contribution < 1.29 is 13.9 Å². The van der Waals surface area contributed by atoms with Crippen LogP contribution in [0.5, 0.6) is 0 Å². The number of quaternary nitrogens is 1. The van der Waals surface area contributed by atoms with Crippen LogP contribution in [0.1, 0.15) is 104 Å². The zero-order valence-electron chi connectivity index (χ0n) is 19.4. The van der Waals surface area contributed by atoms with Gasteiger partial charge in [-0.2, -0.15) is 0 Å². The lowest BCUT2D eigenvalue weighted by Crippen LogP contribution is -2.55. The minimum atomic E-state index is -2.44. The normalized spacial score (nSPS) is 15.4. The van der Waals surface area contributed by atoms with Crippen LogP contribution < -0.4 is 4.89 Å². The largest absolute Gasteiger partial charge is 0.590 e. The summed E-state index contributed by atoms with van der Waals surface area (Å²) in [7, 11) is 3.61. The fourth-order valence-electron chi connectivity index (χ4n) is 3.80. The summed E-state index contributed by atoms with van der Waals surface area (Å²) in [6.07, 6.45) is 24.9. The Morgan fingerprint density at radius 3 is 1.50 bits per heavy atom. The Morgan fingerprint density at radius 1 is 0.714 bits per heavy atom. The summed E-state index contributed by atoms with van der Waals surface area (Å²) in [5.74, 6) is 0. The maximum absolute atomic E-state index is 12.0. The second kappa shape index (κ2) is 16.3. The second-order valence-corrected chi connectivity index (χ2v) is 10.3. The van der Waals surface area contributed by atoms with Crippen molar-refractivity contribution in [2.24, 2.45) is 0 Å². The summed E-state index contributed by atoms with van der Waals surface area (Å²) in [6.45, 7) is 4.32. The molecule has 0 N–H and O–H groups in total. The molecule has 2 unspecified atom stereocenters. The van der Waals surface area contributed by atoms with Gasteiger partial charge in [-0.05, 0) is 64.2 Å². The summed E-state index contributed by atoms with van der Waals surface area (Å²) in [5.41, 5.74) is 0. The van der Waals surface area contributed by atoms with E-state index in [1.165, 1.54) is 44.9 Å². The number of unbranched alkanes of at least 4 members (excludes halogenated alkanes) is 8. The van der Waals surface area contributed by atoms with Gasteiger partial charge in [0.2, 0.25) is 0 Å². The maximum atomic E-state index is 12.0. The number of rotatable bonds is 18. The summed E-state index contributed by atoms with van der Waals surface area (Å²) in [4.78, 5) is 12.0. The van der Waals surface area contributed by atoms with Crippen molar-refractivity contribution in [1.82, 2.24) is 0 Å². The van der Waals surface area contributed by atoms with E-state index in [0.29, 0.717) is 4.48 Å². The van der Waals surface area contributed by atoms with Gasteiger partial charge in [0.15, 0.2) is 0 Å². The van der Waals surface area contributed by atoms with Crippen molar-refractivity contribution in [3.8, 4) is 0 Å². The van der Waals surface area contributed by atoms with Gasteiger partial charge in [0.05, 0.1) is 21.1 Å². The molecule has 164 valence electrons. The van der Waals surface area contributed by atoms with E-state index < -0.39 is 13.3 Å². The number of hydrogen-bond donors (Lipinski definition) is 0. The standard InChI is InChI=1S/C24H47NO2P/c1-6-8-9-10-11-12-13-14-15-16-17-18-19-20-21-23-24(22-7-2,28(26)27)25(3,4)5/h11-12,17-18H,6-10,13-16,19-23H2,1-5H3/q+1. The molecule has 0 aliphatic rings. The fourth-order valence-corrected chi connectivity index (χ4v) is 5.04. The van der Waals surface area contributed by atoms with Crippen LogP contribution in [0, 0.1) is 0 Å². The van der Waals surface area contributed by atoms with Gasteiger partial charge in [-0.15, -0.1) is 0 Å². The SMILES string of the molecule is CCCCCC=CCCCCC=CCCCCC(CCC)([P+](=O)[O-])[N+](C)(C)C. The third-order valence-corrected chi connectivity index (χ3v) is 7.46. The first kappa shape index (κ1) is 27.5. The number of nitrogens with zero attached hydrogens (tertiary/aromatic N) is 1. The summed E-state index contributed by atoms with van der Waals surface area (Å²) in [6, 6.07) is 0. The molecular formula is C24H47NO2P+. The zero-order chi connectivity index (χ0) is 21.3. The minimum Gasteiger partial charge on any atom is -0.590 e. The van der Waals surface area contributed by atoms with Crippen LogP contribution in [-0.4, -0.2) is 30.9 Å². The van der Waals surface area contributed by atoms with E-state index in [0.717, 1.165) is 44.9 Å². The van der Waals surface area contributed by atoms with Gasteiger partial charge in [0.1, 0.15) is 0 Å². The van der Waals surface area contributed by atoms with E-state index in [1.54, 1.807) is 0 Å². The summed E-state index contributed by atoms with van der Waals surface area (Å²) in [5, 5.41) is -0.613. The third-order valence-electron chi connectivity index (χ3n) is 5.74. The van der Waals surface area contributed by atoms with Gasteiger partial charge in [0.25, 0.3) is 5.28 Å². The smallest absolute Gasteiger partial charge is 0.376 e. The van der Waals surface area contributed by atoms with E-state index in [2.05, 4.69) is 38.2 Å². The van der Waals surface area contributed by atoms with Crippen LogP contribution in [-0.2, 0) is 4.57 Å². The first-order valence-electron chi connectivity index (χ1n) is 11.6. The average molecular weight is 413 g/mol. The first-order chi connectivity index (χ1) is 13.3.